The van der Waals surface area contributed by atoms with E-state index in [0.29, 0.717) is 17.9 Å². The van der Waals surface area contributed by atoms with Crippen LogP contribution in [0, 0.1) is 5.92 Å². The van der Waals surface area contributed by atoms with Crippen LogP contribution in [0.5, 0.6) is 0 Å². The molecule has 2 nitrogen and oxygen atoms in total. The minimum atomic E-state index is 0.454. The molecule has 2 aromatic rings. The number of fused-ring (bicyclic) bond motifs is 1. The van der Waals surface area contributed by atoms with Gasteiger partial charge >= 0.3 is 0 Å². The molecule has 0 radical (unpaired) electrons. The van der Waals surface area contributed by atoms with E-state index in [9.17, 15) is 0 Å². The van der Waals surface area contributed by atoms with Gasteiger partial charge in [-0.3, -0.25) is 0 Å². The number of thiazole rings is 1. The number of nitrogens with zero attached hydrogens (tertiary/aromatic N) is 1. The predicted molar refractivity (Wildman–Crippen MR) is 75.7 cm³/mol. The van der Waals surface area contributed by atoms with E-state index in [1.165, 1.54) is 9.71 Å². The van der Waals surface area contributed by atoms with Crippen molar-refractivity contribution in [3.8, 4) is 0 Å². The van der Waals surface area contributed by atoms with Crippen molar-refractivity contribution < 1.29 is 0 Å². The largest absolute Gasteiger partial charge is 0.317 e. The number of nitrogens with one attached hydrogen (secondary N) is 1. The molecule has 1 aromatic heterocycles. The second-order valence-corrected chi connectivity index (χ2v) is 5.93. The average molecular weight is 248 g/mol. The number of rotatable bonds is 4. The molecular weight excluding hydrogens is 228 g/mol. The second kappa shape index (κ2) is 5.15. The molecule has 0 saturated heterocycles. The summed E-state index contributed by atoms with van der Waals surface area (Å²) in [6, 6.07) is 8.83. The van der Waals surface area contributed by atoms with Crippen LogP contribution in [0.1, 0.15) is 31.7 Å². The summed E-state index contributed by atoms with van der Waals surface area (Å²) < 4.78 is 1.29. The zero-order valence-corrected chi connectivity index (χ0v) is 11.7. The van der Waals surface area contributed by atoms with Crippen molar-refractivity contribution in [2.75, 3.05) is 7.05 Å². The maximum atomic E-state index is 4.78. The van der Waals surface area contributed by atoms with Gasteiger partial charge in [-0.25, -0.2) is 4.98 Å². The highest BCUT2D eigenvalue weighted by atomic mass is 32.1. The molecule has 0 spiro atoms. The van der Waals surface area contributed by atoms with Crippen LogP contribution in [-0.4, -0.2) is 18.1 Å². The molecule has 2 unspecified atom stereocenters. The van der Waals surface area contributed by atoms with E-state index in [1.807, 2.05) is 18.4 Å². The lowest BCUT2D eigenvalue weighted by atomic mass is 9.90. The summed E-state index contributed by atoms with van der Waals surface area (Å²) >= 11 is 1.83. The Labute approximate surface area is 107 Å². The van der Waals surface area contributed by atoms with E-state index < -0.39 is 0 Å². The van der Waals surface area contributed by atoms with Gasteiger partial charge in [0, 0.05) is 12.0 Å². The molecule has 2 rings (SSSR count). The smallest absolute Gasteiger partial charge is 0.0987 e. The molecule has 2 atom stereocenters. The van der Waals surface area contributed by atoms with Crippen LogP contribution in [0.25, 0.3) is 10.2 Å². The first kappa shape index (κ1) is 12.5. The maximum Gasteiger partial charge on any atom is 0.0987 e. The standard InChI is InChI=1S/C14H20N2S/c1-9(2)13(10(3)15-4)14-16-11-7-5-6-8-12(11)17-14/h5-10,13,15H,1-4H3. The summed E-state index contributed by atoms with van der Waals surface area (Å²) in [5, 5.41) is 4.61. The molecule has 0 amide bonds. The van der Waals surface area contributed by atoms with Crippen molar-refractivity contribution in [3.63, 3.8) is 0 Å². The van der Waals surface area contributed by atoms with Crippen LogP contribution in [0.4, 0.5) is 0 Å². The van der Waals surface area contributed by atoms with Gasteiger partial charge in [0.15, 0.2) is 0 Å². The fourth-order valence-electron chi connectivity index (χ4n) is 2.29. The molecule has 1 aromatic carbocycles. The topological polar surface area (TPSA) is 24.9 Å². The molecule has 0 saturated carbocycles. The SMILES string of the molecule is CNC(C)C(c1nc2ccccc2s1)C(C)C. The molecule has 3 heteroatoms. The third kappa shape index (κ3) is 2.50. The summed E-state index contributed by atoms with van der Waals surface area (Å²) in [7, 11) is 2.02. The number of para-hydroxylation sites is 1. The van der Waals surface area contributed by atoms with Crippen molar-refractivity contribution in [1.29, 1.82) is 0 Å². The average Bonchev–Trinajstić information content (AvgIpc) is 2.71. The van der Waals surface area contributed by atoms with Gasteiger partial charge in [-0.05, 0) is 32.0 Å². The van der Waals surface area contributed by atoms with E-state index in [4.69, 9.17) is 4.98 Å². The van der Waals surface area contributed by atoms with Gasteiger partial charge in [0.1, 0.15) is 0 Å². The molecule has 0 aliphatic heterocycles. The van der Waals surface area contributed by atoms with Gasteiger partial charge < -0.3 is 5.32 Å². The van der Waals surface area contributed by atoms with Crippen molar-refractivity contribution in [1.82, 2.24) is 10.3 Å². The summed E-state index contributed by atoms with van der Waals surface area (Å²) in [5.41, 5.74) is 1.13. The molecule has 1 heterocycles. The Morgan fingerprint density at radius 3 is 2.47 bits per heavy atom. The first-order valence-corrected chi connectivity index (χ1v) is 6.98. The number of benzene rings is 1. The van der Waals surface area contributed by atoms with E-state index in [2.05, 4.69) is 50.4 Å². The van der Waals surface area contributed by atoms with Crippen LogP contribution in [0.15, 0.2) is 24.3 Å². The van der Waals surface area contributed by atoms with Gasteiger partial charge in [-0.2, -0.15) is 0 Å². The molecule has 0 aliphatic rings. The van der Waals surface area contributed by atoms with Gasteiger partial charge in [0.05, 0.1) is 15.2 Å². The molecule has 92 valence electrons. The Balaban J connectivity index is 2.41. The van der Waals surface area contributed by atoms with E-state index in [0.717, 1.165) is 5.52 Å². The minimum Gasteiger partial charge on any atom is -0.317 e. The highest BCUT2D eigenvalue weighted by Crippen LogP contribution is 2.33. The highest BCUT2D eigenvalue weighted by Gasteiger charge is 2.24. The third-order valence-electron chi connectivity index (χ3n) is 3.31. The Bertz CT molecular complexity index is 457. The summed E-state index contributed by atoms with van der Waals surface area (Å²) in [5.74, 6) is 1.08. The van der Waals surface area contributed by atoms with Crippen molar-refractivity contribution in [2.24, 2.45) is 5.92 Å². The Kier molecular flexibility index (Phi) is 3.79. The molecule has 0 bridgehead atoms. The van der Waals surface area contributed by atoms with E-state index >= 15 is 0 Å². The van der Waals surface area contributed by atoms with Crippen molar-refractivity contribution >= 4 is 21.6 Å². The molecule has 1 N–H and O–H groups in total. The summed E-state index contributed by atoms with van der Waals surface area (Å²) in [6.45, 7) is 6.77. The van der Waals surface area contributed by atoms with Gasteiger partial charge in [-0.15, -0.1) is 11.3 Å². The lowest BCUT2D eigenvalue weighted by Gasteiger charge is -2.25. The number of hydrogen-bond donors (Lipinski definition) is 1. The lowest BCUT2D eigenvalue weighted by molar-refractivity contribution is 0.395. The third-order valence-corrected chi connectivity index (χ3v) is 4.45. The van der Waals surface area contributed by atoms with Gasteiger partial charge in [0.25, 0.3) is 0 Å². The number of likely N-dealkylation sites (N-methyl/N-ethyl adjacent to an activating group) is 1. The molecule has 0 fully saturated rings. The van der Waals surface area contributed by atoms with Crippen LogP contribution in [0.2, 0.25) is 0 Å². The first-order chi connectivity index (χ1) is 8.13. The number of hydrogen-bond acceptors (Lipinski definition) is 3. The molecule has 0 aliphatic carbocycles. The van der Waals surface area contributed by atoms with Crippen LogP contribution in [0.3, 0.4) is 0 Å². The Morgan fingerprint density at radius 2 is 1.88 bits per heavy atom. The first-order valence-electron chi connectivity index (χ1n) is 6.16. The highest BCUT2D eigenvalue weighted by molar-refractivity contribution is 7.18. The predicted octanol–water partition coefficient (Wildman–Crippen LogP) is 3.64. The van der Waals surface area contributed by atoms with Crippen LogP contribution in [-0.2, 0) is 0 Å². The lowest BCUT2D eigenvalue weighted by Crippen LogP contribution is -2.31. The maximum absolute atomic E-state index is 4.78. The zero-order valence-electron chi connectivity index (χ0n) is 10.9. The quantitative estimate of drug-likeness (QED) is 0.893. The zero-order chi connectivity index (χ0) is 12.4. The minimum absolute atomic E-state index is 0.454. The summed E-state index contributed by atoms with van der Waals surface area (Å²) in [4.78, 5) is 4.78. The van der Waals surface area contributed by atoms with E-state index in [-0.39, 0.29) is 0 Å². The Hall–Kier alpha value is -0.930. The van der Waals surface area contributed by atoms with E-state index in [1.54, 1.807) is 0 Å². The van der Waals surface area contributed by atoms with Gasteiger partial charge in [-0.1, -0.05) is 26.0 Å². The van der Waals surface area contributed by atoms with Gasteiger partial charge in [0.2, 0.25) is 0 Å². The fraction of sp³-hybridized carbons (Fsp3) is 0.500. The van der Waals surface area contributed by atoms with Crippen LogP contribution >= 0.6 is 11.3 Å². The fourth-order valence-corrected chi connectivity index (χ4v) is 3.64. The number of aromatic nitrogens is 1. The molecular formula is C14H20N2S. The summed E-state index contributed by atoms with van der Waals surface area (Å²) in [6.07, 6.45) is 0. The monoisotopic (exact) mass is 248 g/mol. The van der Waals surface area contributed by atoms with Crippen molar-refractivity contribution in [3.05, 3.63) is 29.3 Å². The van der Waals surface area contributed by atoms with Crippen molar-refractivity contribution in [2.45, 2.75) is 32.7 Å². The normalized spacial score (nSPS) is 15.4. The second-order valence-electron chi connectivity index (χ2n) is 4.87. The Morgan fingerprint density at radius 1 is 1.18 bits per heavy atom. The molecule has 17 heavy (non-hydrogen) atoms. The van der Waals surface area contributed by atoms with Crippen LogP contribution < -0.4 is 5.32 Å².